The number of nitrogens with one attached hydrogen (secondary N) is 1. The maximum absolute atomic E-state index is 10.1. The second kappa shape index (κ2) is 39.5. The Morgan fingerprint density at radius 1 is 0.489 bits per heavy atom. The highest BCUT2D eigenvalue weighted by Crippen LogP contribution is 2.20. The Bertz CT molecular complexity index is 595. The molecule has 284 valence electrons. The largest absolute Gasteiger partial charge is 0.330 e. The van der Waals surface area contributed by atoms with Crippen LogP contribution in [0.3, 0.4) is 0 Å². The molecule has 0 saturated carbocycles. The lowest BCUT2D eigenvalue weighted by Crippen LogP contribution is -2.50. The van der Waals surface area contributed by atoms with Crippen molar-refractivity contribution < 1.29 is 13.9 Å². The number of allylic oxidation sites excluding steroid dienone is 1. The molecule has 0 radical (unpaired) electrons. The Labute approximate surface area is 298 Å². The van der Waals surface area contributed by atoms with Gasteiger partial charge in [-0.25, -0.2) is 10.0 Å². The van der Waals surface area contributed by atoms with E-state index in [-0.39, 0.29) is 0 Å². The zero-order chi connectivity index (χ0) is 35.9. The van der Waals surface area contributed by atoms with Crippen LogP contribution in [-0.2, 0) is 4.79 Å². The van der Waals surface area contributed by atoms with Crippen LogP contribution in [-0.4, -0.2) is 69.2 Å². The van der Waals surface area contributed by atoms with E-state index in [1.807, 2.05) is 21.1 Å². The average Bonchev–Trinajstić information content (AvgIpc) is 3.06. The molecule has 0 bridgehead atoms. The van der Waals surface area contributed by atoms with Crippen molar-refractivity contribution >= 4 is 6.29 Å². The van der Waals surface area contributed by atoms with Gasteiger partial charge < -0.3 is 10.2 Å². The van der Waals surface area contributed by atoms with Crippen molar-refractivity contribution in [3.8, 4) is 0 Å². The van der Waals surface area contributed by atoms with Crippen LogP contribution < -0.4 is 11.2 Å². The lowest BCUT2D eigenvalue weighted by atomic mass is 10.0. The molecular weight excluding hydrogens is 576 g/mol. The van der Waals surface area contributed by atoms with Crippen LogP contribution in [0, 0.1) is 0 Å². The topological polar surface area (TPSA) is 55.1 Å². The SMILES string of the molecule is CC(C=O)=CN[N+](C)(C)C.CCCCCCCCCCCCCC[N+](CCCCCC)(CCCCCC)CCCCCC.CCCN. The number of carbonyl (C=O) groups is 1. The van der Waals surface area contributed by atoms with Gasteiger partial charge in [0, 0.05) is 5.57 Å². The van der Waals surface area contributed by atoms with Crippen LogP contribution in [0.1, 0.15) is 202 Å². The predicted molar refractivity (Wildman–Crippen MR) is 214 cm³/mol. The average molecular weight is 669 g/mol. The highest BCUT2D eigenvalue weighted by atomic mass is 16.1. The lowest BCUT2D eigenvalue weighted by Gasteiger charge is -2.39. The van der Waals surface area contributed by atoms with E-state index in [9.17, 15) is 4.79 Å². The molecule has 0 saturated heterocycles. The Morgan fingerprint density at radius 3 is 0.979 bits per heavy atom. The summed E-state index contributed by atoms with van der Waals surface area (Å²) in [7, 11) is 5.94. The first-order chi connectivity index (χ1) is 22.6. The van der Waals surface area contributed by atoms with Gasteiger partial charge in [0.1, 0.15) is 6.29 Å². The number of nitrogens with two attached hydrogens (primary N) is 1. The van der Waals surface area contributed by atoms with Gasteiger partial charge in [-0.15, -0.1) is 0 Å². The van der Waals surface area contributed by atoms with Gasteiger partial charge in [-0.2, -0.15) is 0 Å². The van der Waals surface area contributed by atoms with E-state index in [0.29, 0.717) is 10.2 Å². The Kier molecular flexibility index (Phi) is 42.4. The zero-order valence-electron chi connectivity index (χ0n) is 34.2. The fourth-order valence-corrected chi connectivity index (χ4v) is 5.91. The standard InChI is InChI=1S/C32H68N.C7H14N2O.C3H9N/c1-5-9-13-17-18-19-20-21-22-23-24-28-32-33(29-25-14-10-6-2,30-26-15-11-7-3)31-27-16-12-8-4;1-7(6-10)5-8-9(2,3)4;1-2-3-4/h5-32H2,1-4H3;5-6H,1-4H3;2-4H2,1H3/q+1;;/p+1. The molecule has 0 heterocycles. The van der Waals surface area contributed by atoms with Gasteiger partial charge in [0.05, 0.1) is 53.5 Å². The summed E-state index contributed by atoms with van der Waals surface area (Å²) >= 11 is 0. The Balaban J connectivity index is -0.00000114. The number of hydrogen-bond acceptors (Lipinski definition) is 3. The molecule has 0 rings (SSSR count). The van der Waals surface area contributed by atoms with Crippen molar-refractivity contribution in [2.75, 3.05) is 53.9 Å². The first kappa shape index (κ1) is 50.5. The number of aldehydes is 1. The summed E-state index contributed by atoms with van der Waals surface area (Å²) in [5.74, 6) is 0. The normalized spacial score (nSPS) is 11.8. The van der Waals surface area contributed by atoms with Crippen LogP contribution in [0.15, 0.2) is 11.8 Å². The third-order valence-corrected chi connectivity index (χ3v) is 9.10. The van der Waals surface area contributed by atoms with Gasteiger partial charge in [0.15, 0.2) is 0 Å². The number of unbranched alkanes of at least 4 members (excludes halogenated alkanes) is 20. The molecule has 5 heteroatoms. The molecular formula is C42H92N4O+2. The van der Waals surface area contributed by atoms with Crippen molar-refractivity contribution in [2.24, 2.45) is 5.73 Å². The third kappa shape index (κ3) is 43.1. The van der Waals surface area contributed by atoms with E-state index < -0.39 is 0 Å². The molecule has 0 amide bonds. The molecule has 0 aromatic carbocycles. The zero-order valence-corrected chi connectivity index (χ0v) is 34.2. The summed E-state index contributed by atoms with van der Waals surface area (Å²) in [6, 6.07) is 0. The van der Waals surface area contributed by atoms with Crippen LogP contribution in [0.25, 0.3) is 0 Å². The van der Waals surface area contributed by atoms with E-state index in [1.54, 1.807) is 13.1 Å². The molecule has 0 aromatic rings. The Hall–Kier alpha value is -0.910. The molecule has 3 N–H and O–H groups in total. The molecule has 0 aliphatic rings. The van der Waals surface area contributed by atoms with Gasteiger partial charge >= 0.3 is 0 Å². The number of rotatable bonds is 32. The minimum Gasteiger partial charge on any atom is -0.330 e. The highest BCUT2D eigenvalue weighted by Gasteiger charge is 2.25. The van der Waals surface area contributed by atoms with E-state index in [1.165, 1.54) is 185 Å². The fourth-order valence-electron chi connectivity index (χ4n) is 5.91. The van der Waals surface area contributed by atoms with Crippen LogP contribution in [0.5, 0.6) is 0 Å². The second-order valence-corrected chi connectivity index (χ2v) is 15.2. The number of carbonyl (C=O) groups excluding carboxylic acids is 1. The fraction of sp³-hybridized carbons (Fsp3) is 0.929. The number of nitrogens with zero attached hydrogens (tertiary/aromatic N) is 2. The molecule has 0 fully saturated rings. The lowest BCUT2D eigenvalue weighted by molar-refractivity contribution is -0.929. The third-order valence-electron chi connectivity index (χ3n) is 9.10. The van der Waals surface area contributed by atoms with Gasteiger partial charge in [0.25, 0.3) is 0 Å². The molecule has 0 unspecified atom stereocenters. The number of quaternary nitrogens is 2. The maximum Gasteiger partial charge on any atom is 0.147 e. The van der Waals surface area contributed by atoms with E-state index in [4.69, 9.17) is 5.73 Å². The van der Waals surface area contributed by atoms with Crippen molar-refractivity contribution in [2.45, 2.75) is 202 Å². The molecule has 0 atom stereocenters. The quantitative estimate of drug-likeness (QED) is 0.0247. The molecule has 5 nitrogen and oxygen atoms in total. The summed E-state index contributed by atoms with van der Waals surface area (Å²) in [6.07, 6.45) is 38.4. The summed E-state index contributed by atoms with van der Waals surface area (Å²) < 4.78 is 2.08. The Morgan fingerprint density at radius 2 is 0.745 bits per heavy atom. The first-order valence-electron chi connectivity index (χ1n) is 20.9. The summed E-state index contributed by atoms with van der Waals surface area (Å²) in [5, 5.41) is 0. The summed E-state index contributed by atoms with van der Waals surface area (Å²) in [6.45, 7) is 19.9. The maximum atomic E-state index is 10.1. The predicted octanol–water partition coefficient (Wildman–Crippen LogP) is 11.9. The van der Waals surface area contributed by atoms with Crippen LogP contribution in [0.2, 0.25) is 0 Å². The molecule has 0 aliphatic carbocycles. The minimum absolute atomic E-state index is 0.616. The first-order valence-corrected chi connectivity index (χ1v) is 20.9. The molecule has 0 aromatic heterocycles. The minimum atomic E-state index is 0.616. The van der Waals surface area contributed by atoms with Crippen LogP contribution >= 0.6 is 0 Å². The molecule has 0 spiro atoms. The van der Waals surface area contributed by atoms with E-state index >= 15 is 0 Å². The smallest absolute Gasteiger partial charge is 0.147 e. The molecule has 47 heavy (non-hydrogen) atoms. The summed E-state index contributed by atoms with van der Waals surface area (Å²) in [4.78, 5) is 10.1. The highest BCUT2D eigenvalue weighted by molar-refractivity contribution is 5.71. The van der Waals surface area contributed by atoms with Crippen molar-refractivity contribution in [3.63, 3.8) is 0 Å². The van der Waals surface area contributed by atoms with Gasteiger partial charge in [-0.05, 0) is 71.3 Å². The second-order valence-electron chi connectivity index (χ2n) is 15.2. The number of hydrogen-bond donors (Lipinski definition) is 2. The van der Waals surface area contributed by atoms with E-state index in [2.05, 4.69) is 40.0 Å². The molecule has 0 aliphatic heterocycles. The van der Waals surface area contributed by atoms with Crippen molar-refractivity contribution in [1.29, 1.82) is 0 Å². The van der Waals surface area contributed by atoms with Crippen molar-refractivity contribution in [3.05, 3.63) is 11.8 Å². The van der Waals surface area contributed by atoms with E-state index in [0.717, 1.165) is 19.3 Å². The van der Waals surface area contributed by atoms with Crippen molar-refractivity contribution in [1.82, 2.24) is 5.43 Å². The van der Waals surface area contributed by atoms with Crippen LogP contribution in [0.4, 0.5) is 0 Å². The van der Waals surface area contributed by atoms with Gasteiger partial charge in [-0.1, -0.05) is 137 Å². The summed E-state index contributed by atoms with van der Waals surface area (Å²) in [5.41, 5.74) is 8.75. The van der Waals surface area contributed by atoms with Gasteiger partial charge in [-0.3, -0.25) is 4.79 Å². The van der Waals surface area contributed by atoms with Gasteiger partial charge in [0.2, 0.25) is 0 Å². The monoisotopic (exact) mass is 669 g/mol.